The Labute approximate surface area is 98.0 Å². The third-order valence-corrected chi connectivity index (χ3v) is 3.51. The fourth-order valence-corrected chi connectivity index (χ4v) is 1.84. The Morgan fingerprint density at radius 3 is 2.93 bits per heavy atom. The summed E-state index contributed by atoms with van der Waals surface area (Å²) in [6.45, 7) is 5.17. The van der Waals surface area contributed by atoms with Gasteiger partial charge in [0.25, 0.3) is 0 Å². The average molecular weight is 275 g/mol. The summed E-state index contributed by atoms with van der Waals surface area (Å²) < 4.78 is 1.03. The predicted molar refractivity (Wildman–Crippen MR) is 68.1 cm³/mol. The predicted octanol–water partition coefficient (Wildman–Crippen LogP) is 3.32. The zero-order valence-corrected chi connectivity index (χ0v) is 11.1. The van der Waals surface area contributed by atoms with Gasteiger partial charge in [-0.3, -0.25) is 0 Å². The van der Waals surface area contributed by atoms with Crippen molar-refractivity contribution in [3.8, 4) is 0 Å². The molecule has 1 aromatic heterocycles. The van der Waals surface area contributed by atoms with Gasteiger partial charge in [-0.05, 0) is 40.7 Å². The molecule has 0 aliphatic rings. The molecule has 0 aliphatic heterocycles. The van der Waals surface area contributed by atoms with Crippen molar-refractivity contribution >= 4 is 33.5 Å². The Morgan fingerprint density at radius 2 is 2.36 bits per heavy atom. The molecule has 1 rings (SSSR count). The van der Waals surface area contributed by atoms with E-state index >= 15 is 0 Å². The zero-order valence-electron chi connectivity index (χ0n) is 8.67. The first-order valence-corrected chi connectivity index (χ1v) is 6.60. The summed E-state index contributed by atoms with van der Waals surface area (Å²) in [5.41, 5.74) is 1.17. The first-order valence-electron chi connectivity index (χ1n) is 4.52. The van der Waals surface area contributed by atoms with E-state index in [9.17, 15) is 0 Å². The summed E-state index contributed by atoms with van der Waals surface area (Å²) in [6.07, 6.45) is 3.99. The van der Waals surface area contributed by atoms with Crippen LogP contribution >= 0.6 is 27.7 Å². The monoisotopic (exact) mass is 274 g/mol. The molecule has 1 heterocycles. The van der Waals surface area contributed by atoms with Crippen LogP contribution in [0.4, 0.5) is 5.82 Å². The van der Waals surface area contributed by atoms with Crippen molar-refractivity contribution in [2.24, 2.45) is 0 Å². The third-order valence-electron chi connectivity index (χ3n) is 1.94. The molecular weight excluding hydrogens is 260 g/mol. The normalized spacial score (nSPS) is 12.6. The second-order valence-corrected chi connectivity index (χ2v) is 5.40. The van der Waals surface area contributed by atoms with Crippen LogP contribution in [0.25, 0.3) is 0 Å². The van der Waals surface area contributed by atoms with E-state index in [0.29, 0.717) is 5.25 Å². The first-order chi connectivity index (χ1) is 6.63. The maximum atomic E-state index is 4.32. The number of rotatable bonds is 4. The standard InChI is InChI=1S/C10H15BrN2S/c1-7-4-9(11)10(12-5-7)13-6-8(2)14-3/h4-5,8H,6H2,1-3H3,(H,12,13). The van der Waals surface area contributed by atoms with Crippen LogP contribution in [0.15, 0.2) is 16.7 Å². The number of aryl methyl sites for hydroxylation is 1. The maximum Gasteiger partial charge on any atom is 0.140 e. The van der Waals surface area contributed by atoms with Crippen molar-refractivity contribution in [1.82, 2.24) is 4.98 Å². The fraction of sp³-hybridized carbons (Fsp3) is 0.500. The maximum absolute atomic E-state index is 4.32. The number of hydrogen-bond donors (Lipinski definition) is 1. The summed E-state index contributed by atoms with van der Waals surface area (Å²) in [4.78, 5) is 4.32. The van der Waals surface area contributed by atoms with Crippen molar-refractivity contribution in [3.05, 3.63) is 22.3 Å². The van der Waals surface area contributed by atoms with Gasteiger partial charge in [-0.25, -0.2) is 4.98 Å². The number of hydrogen-bond acceptors (Lipinski definition) is 3. The highest BCUT2D eigenvalue weighted by atomic mass is 79.9. The molecule has 0 saturated heterocycles. The van der Waals surface area contributed by atoms with E-state index in [4.69, 9.17) is 0 Å². The quantitative estimate of drug-likeness (QED) is 0.912. The molecule has 0 amide bonds. The molecule has 2 nitrogen and oxygen atoms in total. The molecule has 0 radical (unpaired) electrons. The molecule has 1 aromatic rings. The minimum absolute atomic E-state index is 0.602. The molecule has 1 atom stereocenters. The number of aromatic nitrogens is 1. The van der Waals surface area contributed by atoms with Crippen molar-refractivity contribution in [2.45, 2.75) is 19.1 Å². The number of nitrogens with one attached hydrogen (secondary N) is 1. The lowest BCUT2D eigenvalue weighted by atomic mass is 10.3. The number of anilines is 1. The Kier molecular flexibility index (Phi) is 4.75. The highest BCUT2D eigenvalue weighted by Gasteiger charge is 2.03. The fourth-order valence-electron chi connectivity index (χ4n) is 0.987. The van der Waals surface area contributed by atoms with E-state index in [1.807, 2.05) is 24.9 Å². The summed E-state index contributed by atoms with van der Waals surface area (Å²) in [5, 5.41) is 3.91. The minimum atomic E-state index is 0.602. The second-order valence-electron chi connectivity index (χ2n) is 3.27. The third kappa shape index (κ3) is 3.50. The number of nitrogens with zero attached hydrogens (tertiary/aromatic N) is 1. The molecule has 4 heteroatoms. The SMILES string of the molecule is CSC(C)CNc1ncc(C)cc1Br. The summed E-state index contributed by atoms with van der Waals surface area (Å²) >= 11 is 5.33. The summed E-state index contributed by atoms with van der Waals surface area (Å²) in [7, 11) is 0. The smallest absolute Gasteiger partial charge is 0.140 e. The van der Waals surface area contributed by atoms with E-state index in [-0.39, 0.29) is 0 Å². The van der Waals surface area contributed by atoms with Crippen LogP contribution in [-0.2, 0) is 0 Å². The highest BCUT2D eigenvalue weighted by Crippen LogP contribution is 2.20. The molecule has 0 fully saturated rings. The molecule has 1 N–H and O–H groups in total. The lowest BCUT2D eigenvalue weighted by Crippen LogP contribution is -2.13. The van der Waals surface area contributed by atoms with E-state index in [1.54, 1.807) is 0 Å². The van der Waals surface area contributed by atoms with Crippen LogP contribution in [0, 0.1) is 6.92 Å². The van der Waals surface area contributed by atoms with Gasteiger partial charge in [-0.1, -0.05) is 6.92 Å². The Morgan fingerprint density at radius 1 is 1.64 bits per heavy atom. The van der Waals surface area contributed by atoms with Crippen molar-refractivity contribution in [1.29, 1.82) is 0 Å². The molecule has 0 saturated carbocycles. The number of pyridine rings is 1. The number of halogens is 1. The van der Waals surface area contributed by atoms with Gasteiger partial charge in [-0.2, -0.15) is 11.8 Å². The van der Waals surface area contributed by atoms with Gasteiger partial charge in [0.2, 0.25) is 0 Å². The van der Waals surface area contributed by atoms with Crippen LogP contribution in [0.2, 0.25) is 0 Å². The lowest BCUT2D eigenvalue weighted by Gasteiger charge is -2.11. The largest absolute Gasteiger partial charge is 0.368 e. The number of thioether (sulfide) groups is 1. The molecule has 1 unspecified atom stereocenters. The molecular formula is C10H15BrN2S. The highest BCUT2D eigenvalue weighted by molar-refractivity contribution is 9.10. The van der Waals surface area contributed by atoms with Crippen LogP contribution in [-0.4, -0.2) is 23.0 Å². The second kappa shape index (κ2) is 5.61. The van der Waals surface area contributed by atoms with E-state index in [2.05, 4.69) is 45.5 Å². The summed E-state index contributed by atoms with van der Waals surface area (Å²) in [6, 6.07) is 2.07. The molecule has 78 valence electrons. The van der Waals surface area contributed by atoms with Gasteiger partial charge in [-0.15, -0.1) is 0 Å². The molecule has 0 aromatic carbocycles. The Bertz CT molecular complexity index is 304. The average Bonchev–Trinajstić information content (AvgIpc) is 2.16. The molecule has 0 bridgehead atoms. The first kappa shape index (κ1) is 11.9. The minimum Gasteiger partial charge on any atom is -0.368 e. The van der Waals surface area contributed by atoms with Crippen LogP contribution < -0.4 is 5.32 Å². The van der Waals surface area contributed by atoms with Gasteiger partial charge >= 0.3 is 0 Å². The van der Waals surface area contributed by atoms with E-state index in [0.717, 1.165) is 16.8 Å². The van der Waals surface area contributed by atoms with Gasteiger partial charge in [0.15, 0.2) is 0 Å². The van der Waals surface area contributed by atoms with Crippen LogP contribution in [0.3, 0.4) is 0 Å². The lowest BCUT2D eigenvalue weighted by molar-refractivity contribution is 0.988. The van der Waals surface area contributed by atoms with E-state index < -0.39 is 0 Å². The van der Waals surface area contributed by atoms with Crippen molar-refractivity contribution < 1.29 is 0 Å². The molecule has 14 heavy (non-hydrogen) atoms. The van der Waals surface area contributed by atoms with Crippen LogP contribution in [0.5, 0.6) is 0 Å². The topological polar surface area (TPSA) is 24.9 Å². The van der Waals surface area contributed by atoms with Gasteiger partial charge < -0.3 is 5.32 Å². The van der Waals surface area contributed by atoms with Crippen molar-refractivity contribution in [3.63, 3.8) is 0 Å². The van der Waals surface area contributed by atoms with Gasteiger partial charge in [0, 0.05) is 18.0 Å². The van der Waals surface area contributed by atoms with Crippen LogP contribution in [0.1, 0.15) is 12.5 Å². The molecule has 0 aliphatic carbocycles. The van der Waals surface area contributed by atoms with Gasteiger partial charge in [0.05, 0.1) is 4.47 Å². The Hall–Kier alpha value is -0.220. The zero-order chi connectivity index (χ0) is 10.6. The van der Waals surface area contributed by atoms with Crippen molar-refractivity contribution in [2.75, 3.05) is 18.1 Å². The van der Waals surface area contributed by atoms with Gasteiger partial charge in [0.1, 0.15) is 5.82 Å². The summed E-state index contributed by atoms with van der Waals surface area (Å²) in [5.74, 6) is 0.927. The van der Waals surface area contributed by atoms with E-state index in [1.165, 1.54) is 5.56 Å². The molecule has 0 spiro atoms. The Balaban J connectivity index is 2.59.